The molecule has 2 aliphatic heterocycles. The van der Waals surface area contributed by atoms with Gasteiger partial charge < -0.3 is 45.6 Å². The topological polar surface area (TPSA) is 203 Å². The van der Waals surface area contributed by atoms with Gasteiger partial charge in [-0.25, -0.2) is 14.4 Å². The molecule has 0 spiro atoms. The van der Waals surface area contributed by atoms with E-state index in [-0.39, 0.29) is 38.3 Å². The van der Waals surface area contributed by atoms with Gasteiger partial charge in [0.05, 0.1) is 47.8 Å². The van der Waals surface area contributed by atoms with Crippen LogP contribution in [0.3, 0.4) is 0 Å². The van der Waals surface area contributed by atoms with Crippen LogP contribution in [0.2, 0.25) is 5.02 Å². The van der Waals surface area contributed by atoms with Crippen molar-refractivity contribution in [2.45, 2.75) is 90.2 Å². The first kappa shape index (κ1) is 49.8. The minimum atomic E-state index is -1.97. The number of aryl methyl sites for hydroxylation is 1. The van der Waals surface area contributed by atoms with E-state index in [1.165, 1.54) is 11.1 Å². The Labute approximate surface area is 410 Å². The van der Waals surface area contributed by atoms with Gasteiger partial charge in [-0.3, -0.25) is 24.1 Å². The van der Waals surface area contributed by atoms with E-state index in [0.29, 0.717) is 71.1 Å². The number of methoxy groups -OCH3 is 1. The Morgan fingerprint density at radius 3 is 2.43 bits per heavy atom. The fourth-order valence-electron chi connectivity index (χ4n) is 9.27. The normalized spacial score (nSPS) is 21.5. The Morgan fingerprint density at radius 2 is 1.77 bits per heavy atom. The molecule has 0 radical (unpaired) electrons. The van der Waals surface area contributed by atoms with Crippen molar-refractivity contribution in [1.29, 1.82) is 0 Å². The molecular weight excluding hydrogens is 927 g/mol. The van der Waals surface area contributed by atoms with Crippen molar-refractivity contribution in [3.8, 4) is 21.9 Å². The number of likely N-dealkylation sites (tertiary alicyclic amines) is 1. The summed E-state index contributed by atoms with van der Waals surface area (Å²) in [7, 11) is 3.27. The molecule has 4 heterocycles. The number of anilines is 3. The van der Waals surface area contributed by atoms with Crippen LogP contribution in [0, 0.1) is 24.2 Å². The molecule has 2 aromatic heterocycles. The van der Waals surface area contributed by atoms with E-state index in [0.717, 1.165) is 54.2 Å². The molecule has 17 nitrogen and oxygen atoms in total. The fraction of sp³-hybridized carbons (Fsp3) is 0.531. The van der Waals surface area contributed by atoms with Crippen molar-refractivity contribution < 1.29 is 38.1 Å². The second-order valence-corrected chi connectivity index (χ2v) is 21.0. The minimum Gasteiger partial charge on any atom is -0.495 e. The molecule has 2 saturated heterocycles. The fourth-order valence-corrected chi connectivity index (χ4v) is 10.3. The number of nitrogens with zero attached hydrogens (tertiary/aromatic N) is 6. The van der Waals surface area contributed by atoms with Crippen LogP contribution in [-0.2, 0) is 20.9 Å². The highest BCUT2D eigenvalue weighted by Gasteiger charge is 2.53. The number of ether oxygens (including phenoxy) is 2. The highest BCUT2D eigenvalue weighted by atomic mass is 35.5. The zero-order valence-corrected chi connectivity index (χ0v) is 41.5. The highest BCUT2D eigenvalue weighted by Crippen LogP contribution is 2.41. The molecule has 4 aromatic rings. The summed E-state index contributed by atoms with van der Waals surface area (Å²) in [6.07, 6.45) is 2.82. The van der Waals surface area contributed by atoms with Gasteiger partial charge >= 0.3 is 0 Å². The van der Waals surface area contributed by atoms with E-state index in [2.05, 4.69) is 41.1 Å². The number of β-amino-alcohol motifs (C(OH)–C–C–N with tert-alkyl or cyclic N) is 1. The third kappa shape index (κ3) is 11.5. The smallest absolute Gasteiger partial charge is 0.258 e. The van der Waals surface area contributed by atoms with E-state index in [9.17, 15) is 28.7 Å². The first-order valence-corrected chi connectivity index (χ1v) is 24.8. The average Bonchev–Trinajstić information content (AvgIpc) is 3.73. The number of benzene rings is 2. The Morgan fingerprint density at radius 1 is 1.01 bits per heavy atom. The molecule has 69 heavy (non-hydrogen) atoms. The second-order valence-electron chi connectivity index (χ2n) is 19.7. The number of hydrogen-bond acceptors (Lipinski definition) is 14. The minimum absolute atomic E-state index is 0.0312. The first-order chi connectivity index (χ1) is 32.9. The number of nitrogens with one attached hydrogen (secondary N) is 4. The van der Waals surface area contributed by atoms with E-state index >= 15 is 0 Å². The number of hydrogen-bond donors (Lipinski definition) is 5. The molecule has 4 aliphatic rings. The number of aliphatic hydroxyl groups is 1. The molecule has 2 saturated carbocycles. The zero-order chi connectivity index (χ0) is 49.2. The van der Waals surface area contributed by atoms with Gasteiger partial charge in [0.25, 0.3) is 11.8 Å². The summed E-state index contributed by atoms with van der Waals surface area (Å²) in [6.45, 7) is 11.5. The molecule has 0 unspecified atom stereocenters. The van der Waals surface area contributed by atoms with E-state index in [4.69, 9.17) is 21.1 Å². The number of alkyl halides is 1. The van der Waals surface area contributed by atoms with Gasteiger partial charge in [0, 0.05) is 70.4 Å². The number of amides is 4. The van der Waals surface area contributed by atoms with Crippen molar-refractivity contribution in [3.05, 3.63) is 69.9 Å². The molecule has 4 amide bonds. The molecule has 2 aromatic carbocycles. The van der Waals surface area contributed by atoms with Crippen molar-refractivity contribution in [2.75, 3.05) is 70.7 Å². The molecule has 5 N–H and O–H groups in total. The van der Waals surface area contributed by atoms with Gasteiger partial charge in [0.15, 0.2) is 5.67 Å². The number of aliphatic hydroxyl groups excluding tert-OH is 1. The van der Waals surface area contributed by atoms with Crippen LogP contribution in [0.4, 0.5) is 21.8 Å². The number of halogens is 2. The molecule has 370 valence electrons. The van der Waals surface area contributed by atoms with Gasteiger partial charge in [-0.15, -0.1) is 11.3 Å². The molecule has 8 rings (SSSR count). The number of thiazole rings is 1. The van der Waals surface area contributed by atoms with Crippen LogP contribution in [0.5, 0.6) is 11.5 Å². The summed E-state index contributed by atoms with van der Waals surface area (Å²) in [5.41, 5.74) is 2.82. The molecular formula is C49H62ClFN10O7S. The van der Waals surface area contributed by atoms with Gasteiger partial charge in [0.2, 0.25) is 17.8 Å². The maximum atomic E-state index is 14.7. The average molecular weight is 990 g/mol. The van der Waals surface area contributed by atoms with Gasteiger partial charge in [-0.05, 0) is 79.7 Å². The molecule has 2 aliphatic carbocycles. The van der Waals surface area contributed by atoms with E-state index < -0.39 is 47.0 Å². The van der Waals surface area contributed by atoms with Crippen LogP contribution in [0.1, 0.15) is 74.5 Å². The lowest BCUT2D eigenvalue weighted by atomic mass is 9.75. The van der Waals surface area contributed by atoms with Crippen LogP contribution >= 0.6 is 22.9 Å². The third-order valence-electron chi connectivity index (χ3n) is 13.5. The molecule has 20 heteroatoms. The van der Waals surface area contributed by atoms with Crippen LogP contribution in [-0.4, -0.2) is 142 Å². The van der Waals surface area contributed by atoms with Gasteiger partial charge in [0.1, 0.15) is 34.4 Å². The number of carbonyl (C=O) groups excluding carboxylic acids is 4. The summed E-state index contributed by atoms with van der Waals surface area (Å²) in [5, 5.41) is 22.7. The van der Waals surface area contributed by atoms with Gasteiger partial charge in [-0.1, -0.05) is 44.5 Å². The highest BCUT2D eigenvalue weighted by molar-refractivity contribution is 7.13. The Hall–Kier alpha value is -5.63. The maximum Gasteiger partial charge on any atom is 0.258 e. The quantitative estimate of drug-likeness (QED) is 0.0847. The predicted molar refractivity (Wildman–Crippen MR) is 262 cm³/mol. The van der Waals surface area contributed by atoms with E-state index in [1.807, 2.05) is 30.0 Å². The Balaban J connectivity index is 0.832. The van der Waals surface area contributed by atoms with E-state index in [1.54, 1.807) is 70.0 Å². The summed E-state index contributed by atoms with van der Waals surface area (Å²) in [4.78, 5) is 73.8. The van der Waals surface area contributed by atoms with Gasteiger partial charge in [-0.2, -0.15) is 4.98 Å². The summed E-state index contributed by atoms with van der Waals surface area (Å²) < 4.78 is 26.8. The molecule has 0 bridgehead atoms. The van der Waals surface area contributed by atoms with Crippen molar-refractivity contribution >= 4 is 64.0 Å². The molecule has 4 fully saturated rings. The lowest BCUT2D eigenvalue weighted by Crippen LogP contribution is -2.59. The summed E-state index contributed by atoms with van der Waals surface area (Å²) in [5.74, 6) is 0.947. The predicted octanol–water partition coefficient (Wildman–Crippen LogP) is 5.83. The summed E-state index contributed by atoms with van der Waals surface area (Å²) >= 11 is 7.68. The van der Waals surface area contributed by atoms with Crippen LogP contribution < -0.4 is 30.7 Å². The van der Waals surface area contributed by atoms with Crippen molar-refractivity contribution in [3.63, 3.8) is 0 Å². The number of aromatic nitrogens is 3. The monoisotopic (exact) mass is 988 g/mol. The van der Waals surface area contributed by atoms with Crippen molar-refractivity contribution in [1.82, 2.24) is 40.3 Å². The zero-order valence-electron chi connectivity index (χ0n) is 39.9. The van der Waals surface area contributed by atoms with Crippen LogP contribution in [0.25, 0.3) is 10.4 Å². The summed E-state index contributed by atoms with van der Waals surface area (Å²) in [6, 6.07) is 9.11. The Kier molecular flexibility index (Phi) is 15.0. The largest absolute Gasteiger partial charge is 0.495 e. The number of carbonyl (C=O) groups is 4. The second kappa shape index (κ2) is 20.8. The molecule has 3 atom stereocenters. The van der Waals surface area contributed by atoms with Crippen LogP contribution in [0.15, 0.2) is 48.1 Å². The third-order valence-corrected chi connectivity index (χ3v) is 14.8. The maximum absolute atomic E-state index is 14.7. The standard InChI is InChI=1S/C49H62ClFN10O7S/c1-28-40(69-27-55-28)31-7-8-33(22-53-43(63)37-21-34(62)25-61(37)45(65)41(48(2,3)4)57-46(66)49(51)11-12-49)38(19-31)68-26-30-17-29(18-30)24-59-13-15-60(16-14-59)44(64)32-9-10-36(39(20-32)67-6)56-47-54-23-35(50)42(52-5)58-47/h7-10,19-20,23,27,29-30,34,37,41,62H,11-18,21-22,24-26H2,1-6H3,(H,53,63)(H,57,66)(H2,52,54,56,58)/t29-,30-,34-,37+,41-/m1/s1. The number of rotatable bonds is 17. The SMILES string of the molecule is CNc1nc(Nc2ccc(C(=O)N3CCN(C[C@H]4C[C@H](COc5cc(-c6scnc6C)ccc5CNC(=O)[C@@H]5C[C@@H](O)CN5C(=O)[C@@H](NC(=O)C5(F)CC5)C(C)(C)C)C4)CC3)cc2OC)ncc1Cl. The number of piperazine rings is 1. The Bertz CT molecular complexity index is 2540. The first-order valence-electron chi connectivity index (χ1n) is 23.5. The lowest BCUT2D eigenvalue weighted by Gasteiger charge is -2.41. The van der Waals surface area contributed by atoms with Crippen molar-refractivity contribution in [2.24, 2.45) is 17.3 Å². The lowest BCUT2D eigenvalue weighted by molar-refractivity contribution is -0.145.